The quantitative estimate of drug-likeness (QED) is 0.721. The fourth-order valence-electron chi connectivity index (χ4n) is 2.07. The SMILES string of the molecule is CCOC(C)n1cc(-c2cc3ccccn3n2)cn1. The lowest BCUT2D eigenvalue weighted by molar-refractivity contribution is 0.0160. The van der Waals surface area contributed by atoms with Crippen molar-refractivity contribution in [2.45, 2.75) is 20.1 Å². The van der Waals surface area contributed by atoms with Gasteiger partial charge in [-0.25, -0.2) is 9.20 Å². The second kappa shape index (κ2) is 4.85. The summed E-state index contributed by atoms with van der Waals surface area (Å²) < 4.78 is 9.18. The Kier molecular flexibility index (Phi) is 3.05. The van der Waals surface area contributed by atoms with Gasteiger partial charge in [0, 0.05) is 24.6 Å². The molecule has 5 heteroatoms. The lowest BCUT2D eigenvalue weighted by atomic mass is 10.2. The number of ether oxygens (including phenoxy) is 1. The molecular weight excluding hydrogens is 240 g/mol. The molecule has 0 spiro atoms. The van der Waals surface area contributed by atoms with Crippen LogP contribution in [0.3, 0.4) is 0 Å². The van der Waals surface area contributed by atoms with Gasteiger partial charge in [-0.15, -0.1) is 0 Å². The summed E-state index contributed by atoms with van der Waals surface area (Å²) in [5, 5.41) is 8.85. The summed E-state index contributed by atoms with van der Waals surface area (Å²) in [6.45, 7) is 4.62. The van der Waals surface area contributed by atoms with Crippen molar-refractivity contribution in [2.24, 2.45) is 0 Å². The molecule has 0 aromatic carbocycles. The predicted molar refractivity (Wildman–Crippen MR) is 72.8 cm³/mol. The van der Waals surface area contributed by atoms with E-state index in [1.54, 1.807) is 0 Å². The number of aromatic nitrogens is 4. The maximum absolute atomic E-state index is 5.51. The smallest absolute Gasteiger partial charge is 0.147 e. The molecule has 0 N–H and O–H groups in total. The van der Waals surface area contributed by atoms with E-state index >= 15 is 0 Å². The van der Waals surface area contributed by atoms with Crippen LogP contribution in [0.25, 0.3) is 16.8 Å². The normalized spacial score (nSPS) is 12.9. The first-order valence-electron chi connectivity index (χ1n) is 6.38. The van der Waals surface area contributed by atoms with Gasteiger partial charge in [0.1, 0.15) is 6.23 Å². The maximum Gasteiger partial charge on any atom is 0.147 e. The van der Waals surface area contributed by atoms with Crippen LogP contribution in [0.5, 0.6) is 0 Å². The number of fused-ring (bicyclic) bond motifs is 1. The molecule has 1 unspecified atom stereocenters. The monoisotopic (exact) mass is 256 g/mol. The molecule has 98 valence electrons. The van der Waals surface area contributed by atoms with Crippen LogP contribution in [-0.4, -0.2) is 26.0 Å². The van der Waals surface area contributed by atoms with Crippen LogP contribution in [0.15, 0.2) is 42.9 Å². The van der Waals surface area contributed by atoms with Crippen LogP contribution >= 0.6 is 0 Å². The van der Waals surface area contributed by atoms with E-state index in [0.717, 1.165) is 16.8 Å². The minimum absolute atomic E-state index is 0.0595. The predicted octanol–water partition coefficient (Wildman–Crippen LogP) is 2.75. The topological polar surface area (TPSA) is 44.4 Å². The van der Waals surface area contributed by atoms with Crippen LogP contribution in [0.1, 0.15) is 20.1 Å². The van der Waals surface area contributed by atoms with Crippen molar-refractivity contribution < 1.29 is 4.74 Å². The Morgan fingerprint density at radius 1 is 1.37 bits per heavy atom. The molecule has 0 aliphatic heterocycles. The summed E-state index contributed by atoms with van der Waals surface area (Å²) in [6, 6.07) is 8.04. The molecule has 0 saturated carbocycles. The van der Waals surface area contributed by atoms with Crippen molar-refractivity contribution in [3.05, 3.63) is 42.9 Å². The van der Waals surface area contributed by atoms with Gasteiger partial charge in [-0.2, -0.15) is 10.2 Å². The molecule has 3 aromatic rings. The summed E-state index contributed by atoms with van der Waals surface area (Å²) in [5.74, 6) is 0. The summed E-state index contributed by atoms with van der Waals surface area (Å²) in [5.41, 5.74) is 2.99. The van der Waals surface area contributed by atoms with E-state index in [0.29, 0.717) is 6.61 Å². The Morgan fingerprint density at radius 2 is 2.26 bits per heavy atom. The Labute approximate surface area is 111 Å². The molecule has 0 bridgehead atoms. The molecule has 0 saturated heterocycles. The zero-order valence-electron chi connectivity index (χ0n) is 11.0. The fourth-order valence-corrected chi connectivity index (χ4v) is 2.07. The highest BCUT2D eigenvalue weighted by atomic mass is 16.5. The number of hydrogen-bond acceptors (Lipinski definition) is 3. The molecule has 0 radical (unpaired) electrons. The van der Waals surface area contributed by atoms with E-state index in [9.17, 15) is 0 Å². The lowest BCUT2D eigenvalue weighted by Gasteiger charge is -2.10. The minimum Gasteiger partial charge on any atom is -0.357 e. The van der Waals surface area contributed by atoms with E-state index in [4.69, 9.17) is 4.74 Å². The summed E-state index contributed by atoms with van der Waals surface area (Å²) in [4.78, 5) is 0. The first kappa shape index (κ1) is 11.9. The van der Waals surface area contributed by atoms with Crippen molar-refractivity contribution in [3.8, 4) is 11.3 Å². The van der Waals surface area contributed by atoms with Gasteiger partial charge in [-0.05, 0) is 32.0 Å². The lowest BCUT2D eigenvalue weighted by Crippen LogP contribution is -2.09. The van der Waals surface area contributed by atoms with Crippen molar-refractivity contribution in [3.63, 3.8) is 0 Å². The largest absolute Gasteiger partial charge is 0.357 e. The second-order valence-corrected chi connectivity index (χ2v) is 4.36. The van der Waals surface area contributed by atoms with Crippen molar-refractivity contribution in [1.82, 2.24) is 19.4 Å². The number of rotatable bonds is 4. The zero-order chi connectivity index (χ0) is 13.2. The number of pyridine rings is 1. The maximum atomic E-state index is 5.51. The molecule has 3 aromatic heterocycles. The molecule has 3 rings (SSSR count). The highest BCUT2D eigenvalue weighted by Crippen LogP contribution is 2.20. The van der Waals surface area contributed by atoms with E-state index < -0.39 is 0 Å². The van der Waals surface area contributed by atoms with Crippen LogP contribution in [-0.2, 0) is 4.74 Å². The first-order valence-corrected chi connectivity index (χ1v) is 6.38. The van der Waals surface area contributed by atoms with E-state index in [1.165, 1.54) is 0 Å². The second-order valence-electron chi connectivity index (χ2n) is 4.36. The van der Waals surface area contributed by atoms with Crippen LogP contribution in [0.2, 0.25) is 0 Å². The molecule has 3 heterocycles. The number of hydrogen-bond donors (Lipinski definition) is 0. The van der Waals surface area contributed by atoms with Gasteiger partial charge < -0.3 is 4.74 Å². The third-order valence-corrected chi connectivity index (χ3v) is 3.05. The summed E-state index contributed by atoms with van der Waals surface area (Å²) in [7, 11) is 0. The molecule has 19 heavy (non-hydrogen) atoms. The van der Waals surface area contributed by atoms with E-state index in [2.05, 4.69) is 10.2 Å². The highest BCUT2D eigenvalue weighted by Gasteiger charge is 2.10. The molecule has 1 atom stereocenters. The van der Waals surface area contributed by atoms with Crippen LogP contribution < -0.4 is 0 Å². The van der Waals surface area contributed by atoms with Gasteiger partial charge >= 0.3 is 0 Å². The van der Waals surface area contributed by atoms with Gasteiger partial charge in [0.05, 0.1) is 17.4 Å². The molecular formula is C14H16N4O. The Balaban J connectivity index is 1.93. The molecule has 0 amide bonds. The standard InChI is InChI=1S/C14H16N4O/c1-3-19-11(2)18-10-12(9-15-18)14-8-13-6-4-5-7-17(13)16-14/h4-11H,3H2,1-2H3. The average Bonchev–Trinajstić information content (AvgIpc) is 3.05. The van der Waals surface area contributed by atoms with Gasteiger partial charge in [0.15, 0.2) is 0 Å². The van der Waals surface area contributed by atoms with E-state index in [1.807, 2.05) is 65.9 Å². The number of nitrogens with zero attached hydrogens (tertiary/aromatic N) is 4. The molecule has 0 fully saturated rings. The summed E-state index contributed by atoms with van der Waals surface area (Å²) in [6.07, 6.45) is 5.65. The highest BCUT2D eigenvalue weighted by molar-refractivity contribution is 5.64. The van der Waals surface area contributed by atoms with Gasteiger partial charge in [0.2, 0.25) is 0 Å². The van der Waals surface area contributed by atoms with Crippen LogP contribution in [0, 0.1) is 0 Å². The average molecular weight is 256 g/mol. The van der Waals surface area contributed by atoms with Crippen molar-refractivity contribution in [1.29, 1.82) is 0 Å². The Morgan fingerprint density at radius 3 is 3.05 bits per heavy atom. The van der Waals surface area contributed by atoms with Gasteiger partial charge in [0.25, 0.3) is 0 Å². The summed E-state index contributed by atoms with van der Waals surface area (Å²) >= 11 is 0. The Hall–Kier alpha value is -2.14. The fraction of sp³-hybridized carbons (Fsp3) is 0.286. The zero-order valence-corrected chi connectivity index (χ0v) is 11.0. The van der Waals surface area contributed by atoms with E-state index in [-0.39, 0.29) is 6.23 Å². The molecule has 0 aliphatic rings. The third-order valence-electron chi connectivity index (χ3n) is 3.05. The van der Waals surface area contributed by atoms with Crippen molar-refractivity contribution >= 4 is 5.52 Å². The van der Waals surface area contributed by atoms with Gasteiger partial charge in [-0.1, -0.05) is 6.07 Å². The first-order chi connectivity index (χ1) is 9.28. The molecule has 5 nitrogen and oxygen atoms in total. The minimum atomic E-state index is -0.0595. The molecule has 0 aliphatic carbocycles. The van der Waals surface area contributed by atoms with Crippen molar-refractivity contribution in [2.75, 3.05) is 6.61 Å². The Bertz CT molecular complexity index is 652. The third kappa shape index (κ3) is 2.24. The van der Waals surface area contributed by atoms with Gasteiger partial charge in [-0.3, -0.25) is 0 Å². The van der Waals surface area contributed by atoms with Crippen LogP contribution in [0.4, 0.5) is 0 Å².